The van der Waals surface area contributed by atoms with Crippen LogP contribution in [0.5, 0.6) is 17.4 Å². The lowest BCUT2D eigenvalue weighted by Gasteiger charge is -2.16. The fourth-order valence-corrected chi connectivity index (χ4v) is 3.92. The summed E-state index contributed by atoms with van der Waals surface area (Å²) < 4.78 is 41.5. The van der Waals surface area contributed by atoms with Crippen molar-refractivity contribution in [2.75, 3.05) is 20.8 Å². The summed E-state index contributed by atoms with van der Waals surface area (Å²) in [6.45, 7) is 2.32. The van der Waals surface area contributed by atoms with Gasteiger partial charge in [0.25, 0.3) is 0 Å². The summed E-state index contributed by atoms with van der Waals surface area (Å²) in [5.41, 5.74) is 1.76. The molecule has 0 unspecified atom stereocenters. The van der Waals surface area contributed by atoms with E-state index in [1.54, 1.807) is 55.2 Å². The van der Waals surface area contributed by atoms with E-state index in [4.69, 9.17) is 19.3 Å². The van der Waals surface area contributed by atoms with Crippen LogP contribution in [-0.2, 0) is 15.8 Å². The average molecular weight is 471 g/mol. The Bertz CT molecular complexity index is 1400. The molecule has 1 aromatic carbocycles. The van der Waals surface area contributed by atoms with Crippen molar-refractivity contribution in [3.8, 4) is 34.6 Å². The van der Waals surface area contributed by atoms with Gasteiger partial charge in [0, 0.05) is 6.07 Å². The second-order valence-corrected chi connectivity index (χ2v) is 8.51. The van der Waals surface area contributed by atoms with Gasteiger partial charge in [0.15, 0.2) is 17.1 Å². The van der Waals surface area contributed by atoms with Crippen molar-refractivity contribution in [2.24, 2.45) is 5.14 Å². The molecule has 3 heterocycles. The zero-order valence-electron chi connectivity index (χ0n) is 18.2. The number of pyridine rings is 1. The van der Waals surface area contributed by atoms with E-state index in [1.807, 2.05) is 6.92 Å². The van der Waals surface area contributed by atoms with Crippen LogP contribution >= 0.6 is 0 Å². The van der Waals surface area contributed by atoms with Crippen molar-refractivity contribution in [1.82, 2.24) is 24.5 Å². The fraction of sp³-hybridized carbons (Fsp3) is 0.238. The van der Waals surface area contributed by atoms with Crippen LogP contribution in [0.1, 0.15) is 12.6 Å². The summed E-state index contributed by atoms with van der Waals surface area (Å²) in [4.78, 5) is 18.0. The maximum Gasteiger partial charge on any atom is 0.214 e. The standard InChI is InChI=1S/C21H22N6O5S/c1-4-32-17-10-5-7-14(25-17)20-26-19-21(23-11-13(24-19)12-33(22,28)29)27(20)18-15(30-2)8-6-9-16(18)31-3/h5-11H,4,12H2,1-3H3,(H2,22,28,29). The summed E-state index contributed by atoms with van der Waals surface area (Å²) >= 11 is 0. The molecule has 0 bridgehead atoms. The Kier molecular flexibility index (Phi) is 6.11. The van der Waals surface area contributed by atoms with E-state index in [0.717, 1.165) is 0 Å². The molecule has 0 fully saturated rings. The predicted molar refractivity (Wildman–Crippen MR) is 121 cm³/mol. The minimum Gasteiger partial charge on any atom is -0.494 e. The highest BCUT2D eigenvalue weighted by molar-refractivity contribution is 7.88. The Morgan fingerprint density at radius 1 is 1.00 bits per heavy atom. The molecule has 0 atom stereocenters. The number of methoxy groups -OCH3 is 2. The molecule has 11 nitrogen and oxygen atoms in total. The number of nitrogens with zero attached hydrogens (tertiary/aromatic N) is 5. The van der Waals surface area contributed by atoms with Crippen LogP contribution < -0.4 is 19.3 Å². The second-order valence-electron chi connectivity index (χ2n) is 6.89. The number of ether oxygens (including phenoxy) is 3. The monoisotopic (exact) mass is 470 g/mol. The first-order chi connectivity index (χ1) is 15.8. The number of nitrogens with two attached hydrogens (primary N) is 1. The third kappa shape index (κ3) is 4.56. The number of benzene rings is 1. The van der Waals surface area contributed by atoms with Gasteiger partial charge in [-0.3, -0.25) is 4.57 Å². The SMILES string of the molecule is CCOc1cccc(-c2nc3nc(CS(N)(=O)=O)cnc3n2-c2c(OC)cccc2OC)n1. The average Bonchev–Trinajstić information content (AvgIpc) is 3.16. The molecule has 0 saturated carbocycles. The molecular weight excluding hydrogens is 448 g/mol. The second kappa shape index (κ2) is 9.00. The molecule has 172 valence electrons. The van der Waals surface area contributed by atoms with E-state index >= 15 is 0 Å². The normalized spacial score (nSPS) is 11.5. The van der Waals surface area contributed by atoms with Gasteiger partial charge in [0.2, 0.25) is 15.9 Å². The van der Waals surface area contributed by atoms with E-state index in [1.165, 1.54) is 6.20 Å². The van der Waals surface area contributed by atoms with Gasteiger partial charge in [0.05, 0.1) is 32.7 Å². The summed E-state index contributed by atoms with van der Waals surface area (Å²) in [5.74, 6) is 1.37. The molecule has 4 aromatic rings. The number of imidazole rings is 1. The Morgan fingerprint density at radius 3 is 2.33 bits per heavy atom. The van der Waals surface area contributed by atoms with Crippen molar-refractivity contribution < 1.29 is 22.6 Å². The largest absolute Gasteiger partial charge is 0.494 e. The topological polar surface area (TPSA) is 144 Å². The van der Waals surface area contributed by atoms with Gasteiger partial charge in [-0.05, 0) is 25.1 Å². The minimum absolute atomic E-state index is 0.171. The molecule has 0 aliphatic heterocycles. The first-order valence-corrected chi connectivity index (χ1v) is 11.6. The van der Waals surface area contributed by atoms with Gasteiger partial charge in [-0.1, -0.05) is 12.1 Å². The van der Waals surface area contributed by atoms with E-state index in [0.29, 0.717) is 46.8 Å². The Hall–Kier alpha value is -3.77. The number of primary sulfonamides is 1. The first-order valence-electron chi connectivity index (χ1n) is 9.91. The van der Waals surface area contributed by atoms with Gasteiger partial charge in [-0.2, -0.15) is 0 Å². The van der Waals surface area contributed by atoms with Crippen molar-refractivity contribution in [2.45, 2.75) is 12.7 Å². The quantitative estimate of drug-likeness (QED) is 0.409. The number of hydrogen-bond acceptors (Lipinski definition) is 9. The van der Waals surface area contributed by atoms with E-state index in [2.05, 4.69) is 19.9 Å². The number of para-hydroxylation sites is 1. The molecular formula is C21H22N6O5S. The first kappa shape index (κ1) is 22.4. The molecule has 0 saturated heterocycles. The third-order valence-corrected chi connectivity index (χ3v) is 5.34. The lowest BCUT2D eigenvalue weighted by molar-refractivity contribution is 0.327. The summed E-state index contributed by atoms with van der Waals surface area (Å²) in [7, 11) is -0.708. The minimum atomic E-state index is -3.79. The van der Waals surface area contributed by atoms with Crippen LogP contribution in [0.3, 0.4) is 0 Å². The zero-order valence-corrected chi connectivity index (χ0v) is 19.0. The fourth-order valence-electron chi connectivity index (χ4n) is 3.37. The molecule has 0 spiro atoms. The van der Waals surface area contributed by atoms with Crippen LogP contribution in [0, 0.1) is 0 Å². The summed E-state index contributed by atoms with van der Waals surface area (Å²) in [5, 5.41) is 5.17. The van der Waals surface area contributed by atoms with E-state index in [-0.39, 0.29) is 11.3 Å². The zero-order chi connectivity index (χ0) is 23.6. The van der Waals surface area contributed by atoms with Crippen LogP contribution in [-0.4, -0.2) is 53.7 Å². The van der Waals surface area contributed by atoms with Crippen LogP contribution in [0.2, 0.25) is 0 Å². The predicted octanol–water partition coefficient (Wildman–Crippen LogP) is 2.08. The molecule has 0 aliphatic rings. The van der Waals surface area contributed by atoms with Crippen molar-refractivity contribution in [1.29, 1.82) is 0 Å². The highest BCUT2D eigenvalue weighted by atomic mass is 32.2. The van der Waals surface area contributed by atoms with Crippen molar-refractivity contribution >= 4 is 21.3 Å². The Labute approximate surface area is 190 Å². The smallest absolute Gasteiger partial charge is 0.214 e. The lowest BCUT2D eigenvalue weighted by atomic mass is 10.2. The molecule has 0 aliphatic carbocycles. The highest BCUT2D eigenvalue weighted by Crippen LogP contribution is 2.37. The van der Waals surface area contributed by atoms with Gasteiger partial charge < -0.3 is 14.2 Å². The summed E-state index contributed by atoms with van der Waals surface area (Å²) in [6, 6.07) is 10.7. The van der Waals surface area contributed by atoms with Crippen LogP contribution in [0.4, 0.5) is 0 Å². The van der Waals surface area contributed by atoms with Crippen LogP contribution in [0.15, 0.2) is 42.6 Å². The van der Waals surface area contributed by atoms with E-state index < -0.39 is 15.8 Å². The van der Waals surface area contributed by atoms with Gasteiger partial charge in [-0.25, -0.2) is 33.5 Å². The molecule has 3 aromatic heterocycles. The lowest BCUT2D eigenvalue weighted by Crippen LogP contribution is -2.15. The number of fused-ring (bicyclic) bond motifs is 1. The van der Waals surface area contributed by atoms with E-state index in [9.17, 15) is 8.42 Å². The van der Waals surface area contributed by atoms with Crippen molar-refractivity contribution in [3.05, 3.63) is 48.3 Å². The highest BCUT2D eigenvalue weighted by Gasteiger charge is 2.24. The van der Waals surface area contributed by atoms with Crippen molar-refractivity contribution in [3.63, 3.8) is 0 Å². The molecule has 33 heavy (non-hydrogen) atoms. The number of hydrogen-bond donors (Lipinski definition) is 1. The molecule has 0 amide bonds. The molecule has 4 rings (SSSR count). The van der Waals surface area contributed by atoms with Crippen LogP contribution in [0.25, 0.3) is 28.5 Å². The molecule has 12 heteroatoms. The Morgan fingerprint density at radius 2 is 1.70 bits per heavy atom. The number of sulfonamides is 1. The number of rotatable bonds is 8. The Balaban J connectivity index is 2.03. The molecule has 2 N–H and O–H groups in total. The van der Waals surface area contributed by atoms with Gasteiger partial charge in [0.1, 0.15) is 28.6 Å². The molecule has 0 radical (unpaired) electrons. The van der Waals surface area contributed by atoms with Gasteiger partial charge >= 0.3 is 0 Å². The van der Waals surface area contributed by atoms with Gasteiger partial charge in [-0.15, -0.1) is 0 Å². The maximum atomic E-state index is 11.5. The maximum absolute atomic E-state index is 11.5. The number of aromatic nitrogens is 5. The third-order valence-electron chi connectivity index (χ3n) is 4.64. The summed E-state index contributed by atoms with van der Waals surface area (Å²) in [6.07, 6.45) is 1.35.